The van der Waals surface area contributed by atoms with Crippen molar-refractivity contribution in [3.63, 3.8) is 0 Å². The number of carbonyl (C=O) groups excluding carboxylic acids is 3. The summed E-state index contributed by atoms with van der Waals surface area (Å²) in [5.74, 6) is -2.37. The smallest absolute Gasteiger partial charge is 0.326 e. The van der Waals surface area contributed by atoms with E-state index in [9.17, 15) is 24.3 Å². The molecule has 1 aromatic carbocycles. The Hall–Kier alpha value is -3.40. The molecule has 4 unspecified atom stereocenters. The number of nitrogens with one attached hydrogen (secondary N) is 2. The lowest BCUT2D eigenvalue weighted by molar-refractivity contribution is -0.150. The number of para-hydroxylation sites is 1. The Kier molecular flexibility index (Phi) is 7.63. The Balaban J connectivity index is 1.43. The summed E-state index contributed by atoms with van der Waals surface area (Å²) < 4.78 is 0. The SMILES string of the molecule is CC(C)C(NC(=O)C1CCCN1C(=O)C(N)Cc1c[nH]c2ccccc12)C(=O)N1CCCC1C(=O)O. The van der Waals surface area contributed by atoms with Crippen molar-refractivity contribution in [1.29, 1.82) is 0 Å². The number of benzene rings is 1. The van der Waals surface area contributed by atoms with E-state index in [1.54, 1.807) is 0 Å². The fraction of sp³-hybridized carbons (Fsp3) is 0.538. The van der Waals surface area contributed by atoms with Gasteiger partial charge in [-0.05, 0) is 49.7 Å². The summed E-state index contributed by atoms with van der Waals surface area (Å²) in [5, 5.41) is 13.3. The summed E-state index contributed by atoms with van der Waals surface area (Å²) in [7, 11) is 0. The van der Waals surface area contributed by atoms with Gasteiger partial charge in [0.2, 0.25) is 17.7 Å². The number of nitrogens with zero attached hydrogens (tertiary/aromatic N) is 2. The van der Waals surface area contributed by atoms with E-state index < -0.39 is 42.0 Å². The van der Waals surface area contributed by atoms with Gasteiger partial charge in [-0.2, -0.15) is 0 Å². The van der Waals surface area contributed by atoms with Gasteiger partial charge in [0.15, 0.2) is 0 Å². The second kappa shape index (κ2) is 10.7. The number of fused-ring (bicyclic) bond motifs is 1. The summed E-state index contributed by atoms with van der Waals surface area (Å²) >= 11 is 0. The van der Waals surface area contributed by atoms with Crippen LogP contribution in [-0.2, 0) is 25.6 Å². The molecular formula is C26H35N5O5. The molecule has 2 aromatic rings. The fourth-order valence-electron chi connectivity index (χ4n) is 5.37. The van der Waals surface area contributed by atoms with Crippen molar-refractivity contribution in [3.8, 4) is 0 Å². The Labute approximate surface area is 210 Å². The van der Waals surface area contributed by atoms with Crippen molar-refractivity contribution in [1.82, 2.24) is 20.1 Å². The number of carboxylic acids is 1. The van der Waals surface area contributed by atoms with Crippen molar-refractivity contribution in [2.45, 2.75) is 70.1 Å². The maximum Gasteiger partial charge on any atom is 0.326 e. The third-order valence-corrected chi connectivity index (χ3v) is 7.32. The van der Waals surface area contributed by atoms with Crippen LogP contribution in [-0.4, -0.2) is 80.8 Å². The van der Waals surface area contributed by atoms with Crippen LogP contribution in [0.2, 0.25) is 0 Å². The average molecular weight is 498 g/mol. The normalized spacial score (nSPS) is 21.7. The number of aromatic nitrogens is 1. The maximum absolute atomic E-state index is 13.3. The van der Waals surface area contributed by atoms with E-state index in [1.165, 1.54) is 9.80 Å². The van der Waals surface area contributed by atoms with Crippen LogP contribution in [0.3, 0.4) is 0 Å². The van der Waals surface area contributed by atoms with Crippen LogP contribution >= 0.6 is 0 Å². The van der Waals surface area contributed by atoms with E-state index in [0.717, 1.165) is 16.5 Å². The number of rotatable bonds is 8. The number of carbonyl (C=O) groups is 4. The minimum atomic E-state index is -1.04. The average Bonchev–Trinajstić information content (AvgIpc) is 3.61. The first-order valence-electron chi connectivity index (χ1n) is 12.6. The molecule has 0 saturated carbocycles. The molecule has 36 heavy (non-hydrogen) atoms. The van der Waals surface area contributed by atoms with Crippen molar-refractivity contribution in [2.75, 3.05) is 13.1 Å². The van der Waals surface area contributed by atoms with Crippen LogP contribution in [0.15, 0.2) is 30.5 Å². The minimum absolute atomic E-state index is 0.244. The second-order valence-corrected chi connectivity index (χ2v) is 10.1. The van der Waals surface area contributed by atoms with Crippen LogP contribution < -0.4 is 11.1 Å². The summed E-state index contributed by atoms with van der Waals surface area (Å²) in [4.78, 5) is 57.4. The van der Waals surface area contributed by atoms with E-state index in [2.05, 4.69) is 10.3 Å². The van der Waals surface area contributed by atoms with Gasteiger partial charge in [0.05, 0.1) is 6.04 Å². The Morgan fingerprint density at radius 2 is 1.69 bits per heavy atom. The molecule has 0 radical (unpaired) electrons. The first kappa shape index (κ1) is 25.7. The molecule has 2 fully saturated rings. The fourth-order valence-corrected chi connectivity index (χ4v) is 5.37. The lowest BCUT2D eigenvalue weighted by Crippen LogP contribution is -2.58. The molecule has 0 spiro atoms. The van der Waals surface area contributed by atoms with Crippen LogP contribution in [0.25, 0.3) is 10.9 Å². The van der Waals surface area contributed by atoms with Gasteiger partial charge in [0, 0.05) is 30.2 Å². The molecule has 10 nitrogen and oxygen atoms in total. The van der Waals surface area contributed by atoms with Gasteiger partial charge in [-0.15, -0.1) is 0 Å². The molecular weight excluding hydrogens is 462 g/mol. The number of amides is 3. The Morgan fingerprint density at radius 3 is 2.36 bits per heavy atom. The largest absolute Gasteiger partial charge is 0.480 e. The first-order valence-corrected chi connectivity index (χ1v) is 12.6. The van der Waals surface area contributed by atoms with Crippen LogP contribution in [0, 0.1) is 5.92 Å². The summed E-state index contributed by atoms with van der Waals surface area (Å²) in [6, 6.07) is 4.54. The van der Waals surface area contributed by atoms with Crippen molar-refractivity contribution in [3.05, 3.63) is 36.0 Å². The number of nitrogens with two attached hydrogens (primary N) is 1. The van der Waals surface area contributed by atoms with Gasteiger partial charge in [0.25, 0.3) is 0 Å². The molecule has 4 atom stereocenters. The van der Waals surface area contributed by atoms with E-state index in [1.807, 2.05) is 44.3 Å². The summed E-state index contributed by atoms with van der Waals surface area (Å²) in [5.41, 5.74) is 8.22. The molecule has 0 aliphatic carbocycles. The topological polar surface area (TPSA) is 149 Å². The summed E-state index contributed by atoms with van der Waals surface area (Å²) in [6.45, 7) is 4.39. The highest BCUT2D eigenvalue weighted by molar-refractivity contribution is 5.95. The zero-order valence-electron chi connectivity index (χ0n) is 20.8. The van der Waals surface area contributed by atoms with Gasteiger partial charge in [-0.1, -0.05) is 32.0 Å². The molecule has 0 bridgehead atoms. The monoisotopic (exact) mass is 497 g/mol. The highest BCUT2D eigenvalue weighted by Gasteiger charge is 2.41. The quantitative estimate of drug-likeness (QED) is 0.431. The molecule has 2 saturated heterocycles. The molecule has 4 rings (SSSR count). The number of carboxylic acid groups (broad SMARTS) is 1. The van der Waals surface area contributed by atoms with Crippen molar-refractivity contribution < 1.29 is 24.3 Å². The molecule has 2 aliphatic rings. The molecule has 2 aliphatic heterocycles. The summed E-state index contributed by atoms with van der Waals surface area (Å²) in [6.07, 6.45) is 4.36. The molecule has 10 heteroatoms. The third kappa shape index (κ3) is 5.09. The van der Waals surface area contributed by atoms with Gasteiger partial charge < -0.3 is 30.9 Å². The van der Waals surface area contributed by atoms with Crippen LogP contribution in [0.4, 0.5) is 0 Å². The highest BCUT2D eigenvalue weighted by atomic mass is 16.4. The number of hydrogen-bond donors (Lipinski definition) is 4. The molecule has 5 N–H and O–H groups in total. The third-order valence-electron chi connectivity index (χ3n) is 7.32. The lowest BCUT2D eigenvalue weighted by atomic mass is 10.0. The van der Waals surface area contributed by atoms with E-state index in [4.69, 9.17) is 5.73 Å². The minimum Gasteiger partial charge on any atom is -0.480 e. The predicted molar refractivity (Wildman–Crippen MR) is 134 cm³/mol. The second-order valence-electron chi connectivity index (χ2n) is 10.1. The molecule has 1 aromatic heterocycles. The van der Waals surface area contributed by atoms with E-state index in [-0.39, 0.29) is 11.8 Å². The van der Waals surface area contributed by atoms with Crippen LogP contribution in [0.5, 0.6) is 0 Å². The van der Waals surface area contributed by atoms with Crippen molar-refractivity contribution in [2.24, 2.45) is 11.7 Å². The molecule has 3 amide bonds. The standard InChI is InChI=1S/C26H35N5O5/c1-15(2)22(25(34)31-12-6-10-21(31)26(35)36)29-23(32)20-9-5-11-30(20)24(33)18(27)13-16-14-28-19-8-4-3-7-17(16)19/h3-4,7-8,14-15,18,20-22,28H,5-6,9-13,27H2,1-2H3,(H,29,32)(H,35,36). The first-order chi connectivity index (χ1) is 17.2. The maximum atomic E-state index is 13.3. The zero-order valence-corrected chi connectivity index (χ0v) is 20.8. The van der Waals surface area contributed by atoms with E-state index in [0.29, 0.717) is 45.2 Å². The van der Waals surface area contributed by atoms with Crippen molar-refractivity contribution >= 4 is 34.6 Å². The number of aliphatic carboxylic acids is 1. The van der Waals surface area contributed by atoms with Gasteiger partial charge in [0.1, 0.15) is 18.1 Å². The number of hydrogen-bond acceptors (Lipinski definition) is 5. The van der Waals surface area contributed by atoms with Gasteiger partial charge in [-0.3, -0.25) is 14.4 Å². The molecule has 3 heterocycles. The Morgan fingerprint density at radius 1 is 1.06 bits per heavy atom. The zero-order chi connectivity index (χ0) is 26.0. The predicted octanol–water partition coefficient (Wildman–Crippen LogP) is 1.25. The lowest BCUT2D eigenvalue weighted by Gasteiger charge is -2.32. The molecule has 194 valence electrons. The highest BCUT2D eigenvalue weighted by Crippen LogP contribution is 2.24. The van der Waals surface area contributed by atoms with Gasteiger partial charge in [-0.25, -0.2) is 4.79 Å². The van der Waals surface area contributed by atoms with Crippen LogP contribution in [0.1, 0.15) is 45.1 Å². The number of likely N-dealkylation sites (tertiary alicyclic amines) is 2. The number of aromatic amines is 1. The number of H-pyrrole nitrogens is 1. The van der Waals surface area contributed by atoms with Gasteiger partial charge >= 0.3 is 5.97 Å². The van der Waals surface area contributed by atoms with E-state index >= 15 is 0 Å². The Bertz CT molecular complexity index is 1140.